The molecule has 4 nitrogen and oxygen atoms in total. The molecule has 0 aromatic rings. The normalized spacial score (nSPS) is 11.9. The smallest absolute Gasteiger partial charge is 0.0645 e. The third-order valence-electron chi connectivity index (χ3n) is 10.5. The number of hydrogen-bond donors (Lipinski definition) is 0. The molecule has 0 amide bonds. The third kappa shape index (κ3) is 39.1. The van der Waals surface area contributed by atoms with Gasteiger partial charge in [-0.3, -0.25) is 0 Å². The summed E-state index contributed by atoms with van der Waals surface area (Å²) >= 11 is 0. The summed E-state index contributed by atoms with van der Waals surface area (Å²) in [5.41, 5.74) is -0.268. The maximum Gasteiger partial charge on any atom is 0.0645 e. The van der Waals surface area contributed by atoms with Crippen LogP contribution in [0.3, 0.4) is 0 Å². The van der Waals surface area contributed by atoms with Crippen molar-refractivity contribution in [2.75, 3.05) is 52.9 Å². The predicted molar refractivity (Wildman–Crippen MR) is 225 cm³/mol. The standard InChI is InChI=1S/C47H94O4/c1-5-9-12-15-18-21-24-27-30-33-36-40-49-44-47(43-48-39-8-4,45-50-41-37-34-31-28-25-22-19-16-13-10-6-2)46-51-42-38-35-32-29-26-23-20-17-14-11-7-3/h8H,4-7,9-46H2,1-3H3. The molecule has 306 valence electrons. The highest BCUT2D eigenvalue weighted by Crippen LogP contribution is 2.23. The van der Waals surface area contributed by atoms with Crippen LogP contribution in [0.1, 0.15) is 233 Å². The fourth-order valence-electron chi connectivity index (χ4n) is 7.08. The van der Waals surface area contributed by atoms with Crippen LogP contribution in [0.4, 0.5) is 0 Å². The van der Waals surface area contributed by atoms with Crippen molar-refractivity contribution in [3.8, 4) is 0 Å². The van der Waals surface area contributed by atoms with Gasteiger partial charge in [0.1, 0.15) is 0 Å². The van der Waals surface area contributed by atoms with Crippen LogP contribution in [-0.4, -0.2) is 52.9 Å². The summed E-state index contributed by atoms with van der Waals surface area (Å²) in [5, 5.41) is 0. The second-order valence-electron chi connectivity index (χ2n) is 16.1. The molecule has 0 atom stereocenters. The first-order chi connectivity index (χ1) is 25.2. The second kappa shape index (κ2) is 44.0. The van der Waals surface area contributed by atoms with Crippen molar-refractivity contribution in [2.24, 2.45) is 5.41 Å². The van der Waals surface area contributed by atoms with Gasteiger partial charge in [0.15, 0.2) is 0 Å². The molecule has 0 aliphatic rings. The Morgan fingerprint density at radius 1 is 0.314 bits per heavy atom. The lowest BCUT2D eigenvalue weighted by molar-refractivity contribution is -0.104. The first kappa shape index (κ1) is 50.6. The molecule has 0 aromatic carbocycles. The van der Waals surface area contributed by atoms with E-state index in [1.165, 1.54) is 193 Å². The molecule has 0 rings (SSSR count). The Hall–Kier alpha value is -0.420. The van der Waals surface area contributed by atoms with Crippen LogP contribution in [0, 0.1) is 5.41 Å². The summed E-state index contributed by atoms with van der Waals surface area (Å²) in [6.45, 7) is 16.3. The molecule has 0 saturated heterocycles. The number of hydrogen-bond acceptors (Lipinski definition) is 4. The van der Waals surface area contributed by atoms with E-state index >= 15 is 0 Å². The molecule has 4 heteroatoms. The Kier molecular flexibility index (Phi) is 43.6. The molecule has 0 heterocycles. The number of rotatable bonds is 46. The fraction of sp³-hybridized carbons (Fsp3) is 0.957. The Labute approximate surface area is 321 Å². The van der Waals surface area contributed by atoms with Gasteiger partial charge in [0.25, 0.3) is 0 Å². The topological polar surface area (TPSA) is 36.9 Å². The molecule has 0 aliphatic carbocycles. The molecular weight excluding hydrogens is 629 g/mol. The first-order valence-electron chi connectivity index (χ1n) is 23.2. The van der Waals surface area contributed by atoms with Gasteiger partial charge in [-0.2, -0.15) is 0 Å². The lowest BCUT2D eigenvalue weighted by Gasteiger charge is -2.33. The van der Waals surface area contributed by atoms with Crippen molar-refractivity contribution in [1.29, 1.82) is 0 Å². The van der Waals surface area contributed by atoms with E-state index in [1.807, 2.05) is 6.08 Å². The van der Waals surface area contributed by atoms with Crippen molar-refractivity contribution in [1.82, 2.24) is 0 Å². The molecule has 51 heavy (non-hydrogen) atoms. The summed E-state index contributed by atoms with van der Waals surface area (Å²) in [4.78, 5) is 0. The van der Waals surface area contributed by atoms with Crippen molar-refractivity contribution in [3.63, 3.8) is 0 Å². The SMILES string of the molecule is C=CCOCC(COCCCCCCCCCCCCC)(COCCCCCCCCCCCCC)COCCCCCCCCCCCCC. The quantitative estimate of drug-likeness (QED) is 0.0463. The summed E-state index contributed by atoms with van der Waals surface area (Å²) in [7, 11) is 0. The van der Waals surface area contributed by atoms with E-state index in [4.69, 9.17) is 18.9 Å². The Bertz CT molecular complexity index is 564. The summed E-state index contributed by atoms with van der Waals surface area (Å²) in [5.74, 6) is 0. The Balaban J connectivity index is 4.53. The van der Waals surface area contributed by atoms with Crippen LogP contribution in [0.2, 0.25) is 0 Å². The summed E-state index contributed by atoms with van der Waals surface area (Å²) in [6, 6.07) is 0. The van der Waals surface area contributed by atoms with Crippen LogP contribution in [-0.2, 0) is 18.9 Å². The van der Waals surface area contributed by atoms with Crippen molar-refractivity contribution in [2.45, 2.75) is 233 Å². The molecule has 0 radical (unpaired) electrons. The van der Waals surface area contributed by atoms with Gasteiger partial charge in [-0.25, -0.2) is 0 Å². The zero-order valence-corrected chi connectivity index (χ0v) is 35.4. The number of ether oxygens (including phenoxy) is 4. The number of unbranched alkanes of at least 4 members (excludes halogenated alkanes) is 30. The van der Waals surface area contributed by atoms with Crippen LogP contribution >= 0.6 is 0 Å². The van der Waals surface area contributed by atoms with Crippen LogP contribution in [0.5, 0.6) is 0 Å². The van der Waals surface area contributed by atoms with E-state index in [9.17, 15) is 0 Å². The van der Waals surface area contributed by atoms with Gasteiger partial charge in [-0.1, -0.05) is 219 Å². The zero-order chi connectivity index (χ0) is 37.0. The second-order valence-corrected chi connectivity index (χ2v) is 16.1. The van der Waals surface area contributed by atoms with Crippen molar-refractivity contribution < 1.29 is 18.9 Å². The first-order valence-corrected chi connectivity index (χ1v) is 23.2. The minimum absolute atomic E-state index is 0.268. The van der Waals surface area contributed by atoms with E-state index in [1.54, 1.807) is 0 Å². The minimum Gasteiger partial charge on any atom is -0.381 e. The third-order valence-corrected chi connectivity index (χ3v) is 10.5. The van der Waals surface area contributed by atoms with E-state index in [0.717, 1.165) is 39.1 Å². The van der Waals surface area contributed by atoms with Gasteiger partial charge in [0.2, 0.25) is 0 Å². The molecule has 0 aromatic heterocycles. The van der Waals surface area contributed by atoms with E-state index in [0.29, 0.717) is 33.0 Å². The zero-order valence-electron chi connectivity index (χ0n) is 35.4. The lowest BCUT2D eigenvalue weighted by Crippen LogP contribution is -2.42. The van der Waals surface area contributed by atoms with Gasteiger partial charge in [0.05, 0.1) is 38.4 Å². The van der Waals surface area contributed by atoms with Gasteiger partial charge in [0, 0.05) is 19.8 Å². The molecule has 0 spiro atoms. The van der Waals surface area contributed by atoms with Crippen LogP contribution in [0.25, 0.3) is 0 Å². The van der Waals surface area contributed by atoms with Crippen molar-refractivity contribution in [3.05, 3.63) is 12.7 Å². The maximum absolute atomic E-state index is 6.37. The highest BCUT2D eigenvalue weighted by atomic mass is 16.5. The van der Waals surface area contributed by atoms with Crippen LogP contribution < -0.4 is 0 Å². The summed E-state index contributed by atoms with van der Waals surface area (Å²) in [6.07, 6.45) is 46.5. The molecule has 0 fully saturated rings. The minimum atomic E-state index is -0.268. The highest BCUT2D eigenvalue weighted by molar-refractivity contribution is 4.80. The fourth-order valence-corrected chi connectivity index (χ4v) is 7.08. The molecule has 0 unspecified atom stereocenters. The molecule has 0 aliphatic heterocycles. The lowest BCUT2D eigenvalue weighted by atomic mass is 9.92. The van der Waals surface area contributed by atoms with E-state index in [-0.39, 0.29) is 5.41 Å². The van der Waals surface area contributed by atoms with Crippen LogP contribution in [0.15, 0.2) is 12.7 Å². The molecule has 0 bridgehead atoms. The van der Waals surface area contributed by atoms with Gasteiger partial charge >= 0.3 is 0 Å². The Morgan fingerprint density at radius 2 is 0.529 bits per heavy atom. The van der Waals surface area contributed by atoms with Gasteiger partial charge in [-0.15, -0.1) is 6.58 Å². The van der Waals surface area contributed by atoms with E-state index in [2.05, 4.69) is 27.4 Å². The highest BCUT2D eigenvalue weighted by Gasteiger charge is 2.32. The average molecular weight is 723 g/mol. The maximum atomic E-state index is 6.37. The molecule has 0 saturated carbocycles. The molecule has 0 N–H and O–H groups in total. The predicted octanol–water partition coefficient (Wildman–Crippen LogP) is 15.2. The summed E-state index contributed by atoms with van der Waals surface area (Å²) < 4.78 is 25.2. The average Bonchev–Trinajstić information content (AvgIpc) is 3.14. The largest absolute Gasteiger partial charge is 0.381 e. The Morgan fingerprint density at radius 3 is 0.765 bits per heavy atom. The molecular formula is C47H94O4. The monoisotopic (exact) mass is 723 g/mol. The van der Waals surface area contributed by atoms with Gasteiger partial charge < -0.3 is 18.9 Å². The van der Waals surface area contributed by atoms with Gasteiger partial charge in [-0.05, 0) is 19.3 Å². The van der Waals surface area contributed by atoms with Crippen molar-refractivity contribution >= 4 is 0 Å². The van der Waals surface area contributed by atoms with E-state index < -0.39 is 0 Å².